The van der Waals surface area contributed by atoms with E-state index in [9.17, 15) is 14.0 Å². The first kappa shape index (κ1) is 16.3. The third-order valence-corrected chi connectivity index (χ3v) is 4.13. The number of benzene rings is 2. The highest BCUT2D eigenvalue weighted by Gasteiger charge is 2.39. The van der Waals surface area contributed by atoms with E-state index in [2.05, 4.69) is 5.32 Å². The summed E-state index contributed by atoms with van der Waals surface area (Å²) in [6.07, 6.45) is 0.746. The normalized spacial score (nSPS) is 17.6. The van der Waals surface area contributed by atoms with Crippen LogP contribution in [0.1, 0.15) is 17.5 Å². The van der Waals surface area contributed by atoms with E-state index in [0.29, 0.717) is 18.7 Å². The average Bonchev–Trinajstić information content (AvgIpc) is 2.83. The van der Waals surface area contributed by atoms with Crippen molar-refractivity contribution in [2.24, 2.45) is 0 Å². The highest BCUT2D eigenvalue weighted by Crippen LogP contribution is 2.23. The first-order valence-electron chi connectivity index (χ1n) is 7.96. The van der Waals surface area contributed by atoms with E-state index in [4.69, 9.17) is 0 Å². The van der Waals surface area contributed by atoms with E-state index < -0.39 is 6.04 Å². The van der Waals surface area contributed by atoms with E-state index in [-0.39, 0.29) is 24.1 Å². The van der Waals surface area contributed by atoms with Gasteiger partial charge in [-0.1, -0.05) is 29.8 Å². The van der Waals surface area contributed by atoms with Crippen LogP contribution in [0.3, 0.4) is 0 Å². The number of hydrogen-bond donors (Lipinski definition) is 1. The van der Waals surface area contributed by atoms with Crippen LogP contribution in [-0.2, 0) is 16.0 Å². The molecular weight excluding hydrogens is 307 g/mol. The van der Waals surface area contributed by atoms with Gasteiger partial charge in [0, 0.05) is 0 Å². The standard InChI is InChI=1S/C19H19FN2O2/c1-13-5-7-16(8-6-13)22-18(23)12-17(19(22)24)21-10-9-14-3-2-4-15(20)11-14/h2-8,11,17,21H,9-10,12H2,1H3/t17-/m0/s1. The molecule has 124 valence electrons. The molecule has 1 N–H and O–H groups in total. The van der Waals surface area contributed by atoms with Gasteiger partial charge in [0.2, 0.25) is 5.91 Å². The Morgan fingerprint density at radius 1 is 1.17 bits per heavy atom. The Labute approximate surface area is 140 Å². The molecule has 1 aliphatic rings. The Balaban J connectivity index is 1.60. The highest BCUT2D eigenvalue weighted by molar-refractivity contribution is 6.22. The maximum absolute atomic E-state index is 13.2. The average molecular weight is 326 g/mol. The zero-order valence-corrected chi connectivity index (χ0v) is 13.5. The molecule has 0 unspecified atom stereocenters. The number of aryl methyl sites for hydroxylation is 1. The number of nitrogens with one attached hydrogen (secondary N) is 1. The molecule has 1 fully saturated rings. The maximum Gasteiger partial charge on any atom is 0.251 e. The number of anilines is 1. The first-order valence-corrected chi connectivity index (χ1v) is 7.96. The molecule has 1 atom stereocenters. The Morgan fingerprint density at radius 3 is 2.62 bits per heavy atom. The number of nitrogens with zero attached hydrogens (tertiary/aromatic N) is 1. The predicted molar refractivity (Wildman–Crippen MR) is 90.2 cm³/mol. The van der Waals surface area contributed by atoms with Crippen LogP contribution in [0.2, 0.25) is 0 Å². The summed E-state index contributed by atoms with van der Waals surface area (Å²) in [5.41, 5.74) is 2.53. The zero-order chi connectivity index (χ0) is 17.1. The fourth-order valence-corrected chi connectivity index (χ4v) is 2.84. The van der Waals surface area contributed by atoms with Crippen molar-refractivity contribution >= 4 is 17.5 Å². The van der Waals surface area contributed by atoms with Crippen LogP contribution >= 0.6 is 0 Å². The van der Waals surface area contributed by atoms with Gasteiger partial charge in [0.05, 0.1) is 18.2 Å². The van der Waals surface area contributed by atoms with E-state index in [1.165, 1.54) is 17.0 Å². The second-order valence-corrected chi connectivity index (χ2v) is 5.99. The van der Waals surface area contributed by atoms with Crippen LogP contribution in [0.5, 0.6) is 0 Å². The van der Waals surface area contributed by atoms with E-state index in [1.807, 2.05) is 25.1 Å². The molecule has 0 radical (unpaired) electrons. The van der Waals surface area contributed by atoms with Gasteiger partial charge >= 0.3 is 0 Å². The third-order valence-electron chi connectivity index (χ3n) is 4.13. The molecule has 2 aromatic rings. The Kier molecular flexibility index (Phi) is 4.71. The topological polar surface area (TPSA) is 49.4 Å². The molecule has 0 aliphatic carbocycles. The van der Waals surface area contributed by atoms with Gasteiger partial charge in [0.1, 0.15) is 5.82 Å². The largest absolute Gasteiger partial charge is 0.305 e. The van der Waals surface area contributed by atoms with E-state index >= 15 is 0 Å². The Morgan fingerprint density at radius 2 is 1.92 bits per heavy atom. The van der Waals surface area contributed by atoms with Crippen LogP contribution in [0.25, 0.3) is 0 Å². The molecule has 2 aromatic carbocycles. The smallest absolute Gasteiger partial charge is 0.251 e. The summed E-state index contributed by atoms with van der Waals surface area (Å²) >= 11 is 0. The predicted octanol–water partition coefficient (Wildman–Crippen LogP) is 2.60. The number of carbonyl (C=O) groups excluding carboxylic acids is 2. The lowest BCUT2D eigenvalue weighted by Crippen LogP contribution is -2.39. The highest BCUT2D eigenvalue weighted by atomic mass is 19.1. The van der Waals surface area contributed by atoms with Crippen LogP contribution in [0.15, 0.2) is 48.5 Å². The van der Waals surface area contributed by atoms with Gasteiger partial charge in [-0.3, -0.25) is 9.59 Å². The summed E-state index contributed by atoms with van der Waals surface area (Å²) in [5, 5.41) is 3.11. The number of imide groups is 1. The second-order valence-electron chi connectivity index (χ2n) is 5.99. The summed E-state index contributed by atoms with van der Waals surface area (Å²) in [4.78, 5) is 25.9. The van der Waals surface area contributed by atoms with Crippen molar-refractivity contribution < 1.29 is 14.0 Å². The minimum atomic E-state index is -0.521. The van der Waals surface area contributed by atoms with Crippen molar-refractivity contribution in [3.8, 4) is 0 Å². The fraction of sp³-hybridized carbons (Fsp3) is 0.263. The molecule has 5 heteroatoms. The number of hydrogen-bond acceptors (Lipinski definition) is 3. The summed E-state index contributed by atoms with van der Waals surface area (Å²) < 4.78 is 13.2. The van der Waals surface area contributed by atoms with E-state index in [1.54, 1.807) is 18.2 Å². The molecule has 0 bridgehead atoms. The number of amides is 2. The van der Waals surface area contributed by atoms with Crippen LogP contribution in [-0.4, -0.2) is 24.4 Å². The van der Waals surface area contributed by atoms with Crippen LogP contribution < -0.4 is 10.2 Å². The lowest BCUT2D eigenvalue weighted by molar-refractivity contribution is -0.121. The number of halogens is 1. The van der Waals surface area contributed by atoms with Gasteiger partial charge in [0.15, 0.2) is 0 Å². The monoisotopic (exact) mass is 326 g/mol. The van der Waals surface area contributed by atoms with E-state index in [0.717, 1.165) is 11.1 Å². The molecule has 2 amide bonds. The van der Waals surface area contributed by atoms with Gasteiger partial charge < -0.3 is 5.32 Å². The molecule has 0 spiro atoms. The van der Waals surface area contributed by atoms with Crippen LogP contribution in [0.4, 0.5) is 10.1 Å². The van der Waals surface area contributed by atoms with Crippen molar-refractivity contribution in [2.45, 2.75) is 25.8 Å². The summed E-state index contributed by atoms with van der Waals surface area (Å²) in [7, 11) is 0. The van der Waals surface area contributed by atoms with Gasteiger partial charge in [0.25, 0.3) is 5.91 Å². The minimum Gasteiger partial charge on any atom is -0.305 e. The van der Waals surface area contributed by atoms with Crippen molar-refractivity contribution in [2.75, 3.05) is 11.4 Å². The van der Waals surface area contributed by atoms with Crippen molar-refractivity contribution in [3.63, 3.8) is 0 Å². The summed E-state index contributed by atoms with van der Waals surface area (Å²) in [6, 6.07) is 13.2. The molecule has 4 nitrogen and oxygen atoms in total. The van der Waals surface area contributed by atoms with Crippen molar-refractivity contribution in [1.82, 2.24) is 5.32 Å². The SMILES string of the molecule is Cc1ccc(N2C(=O)C[C@H](NCCc3cccc(F)c3)C2=O)cc1. The van der Waals surface area contributed by atoms with Crippen molar-refractivity contribution in [3.05, 3.63) is 65.5 Å². The molecular formula is C19H19FN2O2. The molecule has 3 rings (SSSR count). The molecule has 1 heterocycles. The quantitative estimate of drug-likeness (QED) is 0.859. The number of rotatable bonds is 5. The van der Waals surface area contributed by atoms with Gasteiger partial charge in [-0.25, -0.2) is 9.29 Å². The first-order chi connectivity index (χ1) is 11.5. The second kappa shape index (κ2) is 6.93. The maximum atomic E-state index is 13.2. The fourth-order valence-electron chi connectivity index (χ4n) is 2.84. The summed E-state index contributed by atoms with van der Waals surface area (Å²) in [5.74, 6) is -0.708. The lowest BCUT2D eigenvalue weighted by Gasteiger charge is -2.15. The molecule has 24 heavy (non-hydrogen) atoms. The van der Waals surface area contributed by atoms with Gasteiger partial charge in [-0.15, -0.1) is 0 Å². The zero-order valence-electron chi connectivity index (χ0n) is 13.5. The number of carbonyl (C=O) groups is 2. The van der Waals surface area contributed by atoms with Crippen LogP contribution in [0, 0.1) is 12.7 Å². The van der Waals surface area contributed by atoms with Crippen molar-refractivity contribution in [1.29, 1.82) is 0 Å². The molecule has 0 saturated carbocycles. The molecule has 1 saturated heterocycles. The lowest BCUT2D eigenvalue weighted by atomic mass is 10.1. The molecule has 1 aliphatic heterocycles. The third kappa shape index (κ3) is 3.51. The van der Waals surface area contributed by atoms with Gasteiger partial charge in [-0.05, 0) is 49.7 Å². The Bertz CT molecular complexity index is 758. The minimum absolute atomic E-state index is 0.149. The summed E-state index contributed by atoms with van der Waals surface area (Å²) in [6.45, 7) is 2.46. The molecule has 0 aromatic heterocycles. The van der Waals surface area contributed by atoms with Gasteiger partial charge in [-0.2, -0.15) is 0 Å². The Hall–Kier alpha value is -2.53.